The summed E-state index contributed by atoms with van der Waals surface area (Å²) in [7, 11) is 1.83. The predicted molar refractivity (Wildman–Crippen MR) is 124 cm³/mol. The number of benzene rings is 1. The van der Waals surface area contributed by atoms with Gasteiger partial charge in [-0.2, -0.15) is 0 Å². The quantitative estimate of drug-likeness (QED) is 0.390. The summed E-state index contributed by atoms with van der Waals surface area (Å²) in [6.07, 6.45) is 3.98. The van der Waals surface area contributed by atoms with Crippen LogP contribution >= 0.6 is 24.0 Å². The molecule has 1 fully saturated rings. The summed E-state index contributed by atoms with van der Waals surface area (Å²) >= 11 is 0. The van der Waals surface area contributed by atoms with E-state index in [4.69, 9.17) is 4.74 Å². The fourth-order valence-corrected chi connectivity index (χ4v) is 3.54. The van der Waals surface area contributed by atoms with Crippen LogP contribution < -0.4 is 5.32 Å². The normalized spacial score (nSPS) is 17.5. The summed E-state index contributed by atoms with van der Waals surface area (Å²) in [4.78, 5) is 11.3. The Bertz CT molecular complexity index is 774. The second-order valence-corrected chi connectivity index (χ2v) is 7.45. The molecule has 6 nitrogen and oxygen atoms in total. The molecule has 1 aliphatic rings. The van der Waals surface area contributed by atoms with E-state index in [0.29, 0.717) is 19.1 Å². The van der Waals surface area contributed by atoms with Gasteiger partial charge in [-0.15, -0.1) is 24.0 Å². The Hall–Kier alpha value is -1.61. The van der Waals surface area contributed by atoms with E-state index in [1.54, 1.807) is 0 Å². The molecule has 0 radical (unpaired) electrons. The van der Waals surface area contributed by atoms with Crippen LogP contribution in [0.1, 0.15) is 36.9 Å². The maximum atomic E-state index is 6.04. The maximum Gasteiger partial charge on any atom is 0.194 e. The summed E-state index contributed by atoms with van der Waals surface area (Å²) in [6, 6.07) is 8.44. The van der Waals surface area contributed by atoms with E-state index in [-0.39, 0.29) is 30.1 Å². The molecule has 0 aliphatic carbocycles. The highest BCUT2D eigenvalue weighted by molar-refractivity contribution is 14.0. The summed E-state index contributed by atoms with van der Waals surface area (Å²) in [5.41, 5.74) is 2.52. The molecule has 0 amide bonds. The van der Waals surface area contributed by atoms with Gasteiger partial charge in [-0.1, -0.05) is 38.1 Å². The highest BCUT2D eigenvalue weighted by Crippen LogP contribution is 2.25. The molecular formula is C21H32IN5O. The van der Waals surface area contributed by atoms with Crippen molar-refractivity contribution >= 4 is 29.9 Å². The minimum absolute atomic E-state index is 0. The molecule has 1 aliphatic heterocycles. The number of aliphatic imine (C=N–C) groups is 1. The van der Waals surface area contributed by atoms with Crippen molar-refractivity contribution in [1.82, 2.24) is 19.8 Å². The van der Waals surface area contributed by atoms with Crippen molar-refractivity contribution in [3.05, 3.63) is 53.6 Å². The molecule has 2 heterocycles. The van der Waals surface area contributed by atoms with Gasteiger partial charge in [-0.05, 0) is 24.0 Å². The number of nitrogens with one attached hydrogen (secondary N) is 1. The Kier molecular flexibility index (Phi) is 8.75. The molecule has 0 saturated carbocycles. The van der Waals surface area contributed by atoms with E-state index in [1.807, 2.05) is 19.4 Å². The van der Waals surface area contributed by atoms with Crippen molar-refractivity contribution in [3.8, 4) is 0 Å². The molecule has 1 atom stereocenters. The number of hydrogen-bond acceptors (Lipinski definition) is 3. The first-order valence-electron chi connectivity index (χ1n) is 9.71. The second kappa shape index (κ2) is 10.8. The van der Waals surface area contributed by atoms with Crippen LogP contribution in [0.4, 0.5) is 0 Å². The van der Waals surface area contributed by atoms with E-state index >= 15 is 0 Å². The number of hydrogen-bond donors (Lipinski definition) is 1. The summed E-state index contributed by atoms with van der Waals surface area (Å²) in [6.45, 7) is 10.5. The second-order valence-electron chi connectivity index (χ2n) is 7.45. The Morgan fingerprint density at radius 2 is 2.14 bits per heavy atom. The van der Waals surface area contributed by atoms with Gasteiger partial charge in [0.15, 0.2) is 5.96 Å². The Balaban J connectivity index is 0.00000280. The summed E-state index contributed by atoms with van der Waals surface area (Å²) in [5.74, 6) is 2.52. The number of aromatic nitrogens is 2. The van der Waals surface area contributed by atoms with Gasteiger partial charge in [0, 0.05) is 32.5 Å². The molecule has 2 aromatic rings. The van der Waals surface area contributed by atoms with Crippen LogP contribution in [-0.4, -0.2) is 47.2 Å². The van der Waals surface area contributed by atoms with Crippen molar-refractivity contribution < 1.29 is 4.74 Å². The van der Waals surface area contributed by atoms with Gasteiger partial charge in [-0.3, -0.25) is 4.99 Å². The first-order valence-corrected chi connectivity index (χ1v) is 9.71. The van der Waals surface area contributed by atoms with Crippen LogP contribution in [-0.2, 0) is 17.8 Å². The van der Waals surface area contributed by atoms with Gasteiger partial charge in [0.05, 0.1) is 19.7 Å². The van der Waals surface area contributed by atoms with Gasteiger partial charge in [0.2, 0.25) is 0 Å². The highest BCUT2D eigenvalue weighted by Gasteiger charge is 2.25. The highest BCUT2D eigenvalue weighted by atomic mass is 127. The molecule has 1 aromatic heterocycles. The summed E-state index contributed by atoms with van der Waals surface area (Å²) < 4.78 is 8.25. The van der Waals surface area contributed by atoms with Crippen LogP contribution in [0.15, 0.2) is 41.7 Å². The lowest BCUT2D eigenvalue weighted by Crippen LogP contribution is -2.48. The molecule has 154 valence electrons. The lowest BCUT2D eigenvalue weighted by molar-refractivity contribution is -0.00835. The molecule has 0 bridgehead atoms. The standard InChI is InChI=1S/C21H31N5O.HI/c1-16(2)14-25-10-9-23-20(25)13-24-21(22-4)26-11-12-27-19(15-26)18-8-6-5-7-17(18)3;/h5-10,16,19H,11-15H2,1-4H3,(H,22,24);1H. The van der Waals surface area contributed by atoms with E-state index in [0.717, 1.165) is 31.4 Å². The molecular weight excluding hydrogens is 465 g/mol. The van der Waals surface area contributed by atoms with Crippen molar-refractivity contribution in [3.63, 3.8) is 0 Å². The number of imidazole rings is 1. The van der Waals surface area contributed by atoms with Gasteiger partial charge in [0.1, 0.15) is 11.9 Å². The van der Waals surface area contributed by atoms with Gasteiger partial charge in [0.25, 0.3) is 0 Å². The first-order chi connectivity index (χ1) is 13.1. The van der Waals surface area contributed by atoms with Crippen molar-refractivity contribution in [1.29, 1.82) is 0 Å². The zero-order chi connectivity index (χ0) is 19.2. The third-order valence-electron chi connectivity index (χ3n) is 4.88. The smallest absolute Gasteiger partial charge is 0.194 e. The van der Waals surface area contributed by atoms with E-state index < -0.39 is 0 Å². The maximum absolute atomic E-state index is 6.04. The number of ether oxygens (including phenoxy) is 1. The average molecular weight is 497 g/mol. The van der Waals surface area contributed by atoms with Crippen LogP contribution in [0.2, 0.25) is 0 Å². The minimum Gasteiger partial charge on any atom is -0.370 e. The third kappa shape index (κ3) is 5.70. The predicted octanol–water partition coefficient (Wildman–Crippen LogP) is 3.61. The number of aryl methyl sites for hydroxylation is 1. The Morgan fingerprint density at radius 3 is 2.86 bits per heavy atom. The summed E-state index contributed by atoms with van der Waals surface area (Å²) in [5, 5.41) is 3.48. The van der Waals surface area contributed by atoms with E-state index in [2.05, 4.69) is 69.8 Å². The SMILES string of the molecule is CN=C(NCc1nccn1CC(C)C)N1CCOC(c2ccccc2C)C1.I. The molecule has 1 N–H and O–H groups in total. The number of rotatable bonds is 5. The van der Waals surface area contributed by atoms with Gasteiger partial charge in [-0.25, -0.2) is 4.98 Å². The van der Waals surface area contributed by atoms with E-state index in [1.165, 1.54) is 11.1 Å². The third-order valence-corrected chi connectivity index (χ3v) is 4.88. The van der Waals surface area contributed by atoms with Gasteiger partial charge >= 0.3 is 0 Å². The topological polar surface area (TPSA) is 54.7 Å². The molecule has 7 heteroatoms. The first kappa shape index (κ1) is 22.7. The van der Waals surface area contributed by atoms with Crippen molar-refractivity contribution in [2.75, 3.05) is 26.7 Å². The Morgan fingerprint density at radius 1 is 1.36 bits per heavy atom. The van der Waals surface area contributed by atoms with Crippen LogP contribution in [0, 0.1) is 12.8 Å². The molecule has 28 heavy (non-hydrogen) atoms. The van der Waals surface area contributed by atoms with Gasteiger partial charge < -0.3 is 19.5 Å². The molecule has 3 rings (SSSR count). The molecule has 0 spiro atoms. The zero-order valence-corrected chi connectivity index (χ0v) is 19.6. The lowest BCUT2D eigenvalue weighted by Gasteiger charge is -2.35. The molecule has 1 saturated heterocycles. The Labute approximate surface area is 185 Å². The fourth-order valence-electron chi connectivity index (χ4n) is 3.54. The molecule has 1 aromatic carbocycles. The number of morpholine rings is 1. The van der Waals surface area contributed by atoms with Crippen LogP contribution in [0.3, 0.4) is 0 Å². The largest absolute Gasteiger partial charge is 0.370 e. The van der Waals surface area contributed by atoms with Crippen molar-refractivity contribution in [2.45, 2.75) is 40.0 Å². The van der Waals surface area contributed by atoms with Crippen molar-refractivity contribution in [2.24, 2.45) is 10.9 Å². The average Bonchev–Trinajstić information content (AvgIpc) is 3.09. The zero-order valence-electron chi connectivity index (χ0n) is 17.3. The number of nitrogens with zero attached hydrogens (tertiary/aromatic N) is 4. The lowest BCUT2D eigenvalue weighted by atomic mass is 10.0. The number of halogens is 1. The minimum atomic E-state index is 0. The number of guanidine groups is 1. The van der Waals surface area contributed by atoms with Crippen LogP contribution in [0.5, 0.6) is 0 Å². The van der Waals surface area contributed by atoms with Crippen LogP contribution in [0.25, 0.3) is 0 Å². The fraction of sp³-hybridized carbons (Fsp3) is 0.524. The van der Waals surface area contributed by atoms with E-state index in [9.17, 15) is 0 Å². The molecule has 1 unspecified atom stereocenters. The monoisotopic (exact) mass is 497 g/mol.